The van der Waals surface area contributed by atoms with Gasteiger partial charge in [-0.15, -0.1) is 5.10 Å². The smallest absolute Gasteiger partial charge is 0.258 e. The van der Waals surface area contributed by atoms with E-state index < -0.39 is 10.7 Å². The number of hydrogen-bond donors (Lipinski definition) is 0. The Bertz CT molecular complexity index is 602. The highest BCUT2D eigenvalue weighted by molar-refractivity contribution is 9.09. The number of rotatable bonds is 5. The van der Waals surface area contributed by atoms with Gasteiger partial charge >= 0.3 is 0 Å². The molecule has 1 aromatic heterocycles. The lowest BCUT2D eigenvalue weighted by Gasteiger charge is -2.02. The molecular formula is C11H10BrFN4O2. The normalized spacial score (nSPS) is 10.6. The SMILES string of the molecule is O=[N+]([O-])c1ccc(F)cc1Cn1cc(CCBr)nn1. The maximum atomic E-state index is 13.2. The van der Waals surface area contributed by atoms with Gasteiger partial charge in [-0.2, -0.15) is 0 Å². The Balaban J connectivity index is 2.26. The molecule has 1 aromatic carbocycles. The third-order valence-electron chi connectivity index (χ3n) is 2.51. The highest BCUT2D eigenvalue weighted by Gasteiger charge is 2.15. The molecule has 8 heteroatoms. The summed E-state index contributed by atoms with van der Waals surface area (Å²) in [5, 5.41) is 19.4. The van der Waals surface area contributed by atoms with E-state index in [1.54, 1.807) is 6.20 Å². The van der Waals surface area contributed by atoms with Gasteiger partial charge in [-0.1, -0.05) is 21.1 Å². The summed E-state index contributed by atoms with van der Waals surface area (Å²) in [6, 6.07) is 3.37. The van der Waals surface area contributed by atoms with Crippen LogP contribution in [0.1, 0.15) is 11.3 Å². The van der Waals surface area contributed by atoms with Crippen LogP contribution in [0.3, 0.4) is 0 Å². The molecule has 0 unspecified atom stereocenters. The minimum absolute atomic E-state index is 0.114. The fourth-order valence-electron chi connectivity index (χ4n) is 1.66. The molecule has 0 radical (unpaired) electrons. The molecule has 0 fully saturated rings. The zero-order chi connectivity index (χ0) is 13.8. The van der Waals surface area contributed by atoms with Crippen molar-refractivity contribution in [2.75, 3.05) is 5.33 Å². The van der Waals surface area contributed by atoms with E-state index in [-0.39, 0.29) is 17.8 Å². The molecule has 0 amide bonds. The monoisotopic (exact) mass is 328 g/mol. The molecule has 0 spiro atoms. The maximum absolute atomic E-state index is 13.2. The van der Waals surface area contributed by atoms with Gasteiger partial charge in [0.05, 0.1) is 22.7 Å². The van der Waals surface area contributed by atoms with E-state index in [4.69, 9.17) is 0 Å². The molecule has 0 aliphatic rings. The number of hydrogen-bond acceptors (Lipinski definition) is 4. The number of benzene rings is 1. The molecular weight excluding hydrogens is 319 g/mol. The largest absolute Gasteiger partial charge is 0.274 e. The van der Waals surface area contributed by atoms with Crippen molar-refractivity contribution in [2.45, 2.75) is 13.0 Å². The Morgan fingerprint density at radius 2 is 2.26 bits per heavy atom. The number of nitro groups is 1. The average molecular weight is 329 g/mol. The predicted molar refractivity (Wildman–Crippen MR) is 69.7 cm³/mol. The fourth-order valence-corrected chi connectivity index (χ4v) is 2.07. The third-order valence-corrected chi connectivity index (χ3v) is 2.90. The van der Waals surface area contributed by atoms with Crippen LogP contribution < -0.4 is 0 Å². The first kappa shape index (κ1) is 13.6. The van der Waals surface area contributed by atoms with Crippen LogP contribution in [0, 0.1) is 15.9 Å². The summed E-state index contributed by atoms with van der Waals surface area (Å²) in [7, 11) is 0. The van der Waals surface area contributed by atoms with Crippen LogP contribution in [0.4, 0.5) is 10.1 Å². The number of nitro benzene ring substituents is 1. The molecule has 0 atom stereocenters. The second-order valence-electron chi connectivity index (χ2n) is 3.88. The molecule has 1 heterocycles. The van der Waals surface area contributed by atoms with Gasteiger partial charge in [0.1, 0.15) is 5.82 Å². The Labute approximate surface area is 116 Å². The minimum atomic E-state index is -0.537. The van der Waals surface area contributed by atoms with E-state index in [2.05, 4.69) is 26.2 Å². The van der Waals surface area contributed by atoms with Crippen LogP contribution in [-0.4, -0.2) is 25.2 Å². The maximum Gasteiger partial charge on any atom is 0.274 e. The Morgan fingerprint density at radius 1 is 1.47 bits per heavy atom. The summed E-state index contributed by atoms with van der Waals surface area (Å²) >= 11 is 3.29. The van der Waals surface area contributed by atoms with E-state index in [1.165, 1.54) is 4.68 Å². The first-order valence-corrected chi connectivity index (χ1v) is 6.60. The van der Waals surface area contributed by atoms with Crippen molar-refractivity contribution in [3.8, 4) is 0 Å². The molecule has 0 saturated heterocycles. The lowest BCUT2D eigenvalue weighted by Crippen LogP contribution is -2.04. The fraction of sp³-hybridized carbons (Fsp3) is 0.273. The van der Waals surface area contributed by atoms with Crippen molar-refractivity contribution in [3.05, 3.63) is 51.6 Å². The molecule has 0 bridgehead atoms. The molecule has 2 aromatic rings. The zero-order valence-corrected chi connectivity index (χ0v) is 11.4. The minimum Gasteiger partial charge on any atom is -0.258 e. The van der Waals surface area contributed by atoms with Crippen LogP contribution in [0.5, 0.6) is 0 Å². The third kappa shape index (κ3) is 3.34. The van der Waals surface area contributed by atoms with Gasteiger partial charge in [-0.3, -0.25) is 10.1 Å². The predicted octanol–water partition coefficient (Wildman–Crippen LogP) is 2.31. The second kappa shape index (κ2) is 5.87. The van der Waals surface area contributed by atoms with E-state index >= 15 is 0 Å². The quantitative estimate of drug-likeness (QED) is 0.479. The van der Waals surface area contributed by atoms with Gasteiger partial charge in [0.15, 0.2) is 0 Å². The van der Waals surface area contributed by atoms with E-state index in [9.17, 15) is 14.5 Å². The van der Waals surface area contributed by atoms with Crippen molar-refractivity contribution in [3.63, 3.8) is 0 Å². The summed E-state index contributed by atoms with van der Waals surface area (Å²) in [6.45, 7) is 0.114. The Hall–Kier alpha value is -1.83. The number of aromatic nitrogens is 3. The first-order valence-electron chi connectivity index (χ1n) is 5.48. The standard InChI is InChI=1S/C11H10BrFN4O2/c12-4-3-10-7-16(15-14-10)6-8-5-9(13)1-2-11(8)17(18)19/h1-2,5,7H,3-4,6H2. The van der Waals surface area contributed by atoms with Crippen molar-refractivity contribution in [1.29, 1.82) is 0 Å². The van der Waals surface area contributed by atoms with Crippen LogP contribution in [0.15, 0.2) is 24.4 Å². The second-order valence-corrected chi connectivity index (χ2v) is 4.67. The molecule has 0 aliphatic heterocycles. The van der Waals surface area contributed by atoms with Crippen molar-refractivity contribution in [1.82, 2.24) is 15.0 Å². The van der Waals surface area contributed by atoms with E-state index in [0.29, 0.717) is 6.42 Å². The highest BCUT2D eigenvalue weighted by Crippen LogP contribution is 2.20. The van der Waals surface area contributed by atoms with Crippen molar-refractivity contribution < 1.29 is 9.31 Å². The lowest BCUT2D eigenvalue weighted by molar-refractivity contribution is -0.385. The zero-order valence-electron chi connectivity index (χ0n) is 9.79. The van der Waals surface area contributed by atoms with Crippen LogP contribution in [0.2, 0.25) is 0 Å². The summed E-state index contributed by atoms with van der Waals surface area (Å²) in [5.41, 5.74) is 0.912. The molecule has 2 rings (SSSR count). The molecule has 0 N–H and O–H groups in total. The summed E-state index contributed by atoms with van der Waals surface area (Å²) in [6.07, 6.45) is 2.40. The van der Waals surface area contributed by atoms with Crippen LogP contribution >= 0.6 is 15.9 Å². The van der Waals surface area contributed by atoms with Crippen molar-refractivity contribution in [2.24, 2.45) is 0 Å². The molecule has 100 valence electrons. The summed E-state index contributed by atoms with van der Waals surface area (Å²) in [4.78, 5) is 10.3. The Kier molecular flexibility index (Phi) is 4.20. The molecule has 19 heavy (non-hydrogen) atoms. The van der Waals surface area contributed by atoms with Gasteiger partial charge < -0.3 is 0 Å². The molecule has 0 saturated carbocycles. The number of aryl methyl sites for hydroxylation is 1. The van der Waals surface area contributed by atoms with Gasteiger partial charge in [-0.05, 0) is 12.1 Å². The van der Waals surface area contributed by atoms with Crippen LogP contribution in [-0.2, 0) is 13.0 Å². The van der Waals surface area contributed by atoms with Gasteiger partial charge in [0.25, 0.3) is 5.69 Å². The van der Waals surface area contributed by atoms with Crippen LogP contribution in [0.25, 0.3) is 0 Å². The average Bonchev–Trinajstić information content (AvgIpc) is 2.77. The summed E-state index contributed by atoms with van der Waals surface area (Å²) in [5.74, 6) is -0.513. The number of nitrogens with zero attached hydrogens (tertiary/aromatic N) is 4. The molecule has 0 aliphatic carbocycles. The van der Waals surface area contributed by atoms with E-state index in [1.807, 2.05) is 0 Å². The lowest BCUT2D eigenvalue weighted by atomic mass is 10.2. The van der Waals surface area contributed by atoms with Crippen molar-refractivity contribution >= 4 is 21.6 Å². The van der Waals surface area contributed by atoms with Gasteiger partial charge in [-0.25, -0.2) is 9.07 Å². The molecule has 6 nitrogen and oxygen atoms in total. The first-order chi connectivity index (χ1) is 9.10. The topological polar surface area (TPSA) is 73.8 Å². The number of alkyl halides is 1. The highest BCUT2D eigenvalue weighted by atomic mass is 79.9. The summed E-state index contributed by atoms with van der Waals surface area (Å²) < 4.78 is 14.6. The van der Waals surface area contributed by atoms with Gasteiger partial charge in [0, 0.05) is 24.0 Å². The van der Waals surface area contributed by atoms with Gasteiger partial charge in [0.2, 0.25) is 0 Å². The van der Waals surface area contributed by atoms with E-state index in [0.717, 1.165) is 29.2 Å². The Morgan fingerprint density at radius 3 is 2.95 bits per heavy atom. The number of halogens is 2.